The first-order valence-electron chi connectivity index (χ1n) is 12.8. The van der Waals surface area contributed by atoms with Gasteiger partial charge >= 0.3 is 6.03 Å². The SMILES string of the molecule is CCCNC(=O)CCOCC(COCCC(=O)NCCCN)(COCCC(=O)NCCCN)NC(N)=O. The van der Waals surface area contributed by atoms with Crippen LogP contribution in [0.2, 0.25) is 0 Å². The molecular weight excluding hydrogens is 486 g/mol. The van der Waals surface area contributed by atoms with E-state index in [1.54, 1.807) is 0 Å². The number of nitrogens with two attached hydrogens (primary N) is 3. The molecule has 0 unspecified atom stereocenters. The van der Waals surface area contributed by atoms with Crippen molar-refractivity contribution in [1.82, 2.24) is 21.3 Å². The van der Waals surface area contributed by atoms with Crippen molar-refractivity contribution in [3.05, 3.63) is 0 Å². The number of hydrogen-bond donors (Lipinski definition) is 7. The Bertz CT molecular complexity index is 623. The quantitative estimate of drug-likeness (QED) is 0.0685. The normalized spacial score (nSPS) is 11.1. The van der Waals surface area contributed by atoms with Crippen LogP contribution in [0.3, 0.4) is 0 Å². The molecule has 0 rings (SSSR count). The van der Waals surface area contributed by atoms with Crippen LogP contribution in [0.25, 0.3) is 0 Å². The van der Waals surface area contributed by atoms with Gasteiger partial charge < -0.3 is 52.7 Å². The predicted octanol–water partition coefficient (Wildman–Crippen LogP) is -1.93. The van der Waals surface area contributed by atoms with Crippen LogP contribution in [0.4, 0.5) is 4.79 Å². The summed E-state index contributed by atoms with van der Waals surface area (Å²) < 4.78 is 17.0. The molecule has 0 atom stereocenters. The lowest BCUT2D eigenvalue weighted by atomic mass is 10.0. The molecule has 10 N–H and O–H groups in total. The van der Waals surface area contributed by atoms with Gasteiger partial charge in [0, 0.05) is 38.9 Å². The van der Waals surface area contributed by atoms with E-state index >= 15 is 0 Å². The lowest BCUT2D eigenvalue weighted by Gasteiger charge is -2.33. The molecule has 5 amide bonds. The number of carbonyl (C=O) groups excluding carboxylic acids is 4. The summed E-state index contributed by atoms with van der Waals surface area (Å²) in [6.45, 7) is 4.51. The molecule has 0 saturated carbocycles. The van der Waals surface area contributed by atoms with Gasteiger partial charge in [-0.15, -0.1) is 0 Å². The molecule has 0 aromatic rings. The minimum atomic E-state index is -1.20. The van der Waals surface area contributed by atoms with Crippen molar-refractivity contribution in [1.29, 1.82) is 0 Å². The molecular formula is C23H47N7O7. The highest BCUT2D eigenvalue weighted by molar-refractivity contribution is 5.76. The first-order chi connectivity index (χ1) is 17.8. The van der Waals surface area contributed by atoms with Crippen molar-refractivity contribution in [3.63, 3.8) is 0 Å². The molecule has 216 valence electrons. The summed E-state index contributed by atoms with van der Waals surface area (Å²) >= 11 is 0. The molecule has 0 radical (unpaired) electrons. The Morgan fingerprint density at radius 3 is 1.38 bits per heavy atom. The highest BCUT2D eigenvalue weighted by Gasteiger charge is 2.33. The second kappa shape index (κ2) is 22.7. The van der Waals surface area contributed by atoms with E-state index in [2.05, 4.69) is 21.3 Å². The van der Waals surface area contributed by atoms with Gasteiger partial charge in [-0.2, -0.15) is 0 Å². The third kappa shape index (κ3) is 20.2. The van der Waals surface area contributed by atoms with Gasteiger partial charge in [0.15, 0.2) is 0 Å². The Hall–Kier alpha value is -2.52. The van der Waals surface area contributed by atoms with Crippen LogP contribution in [0.5, 0.6) is 0 Å². The van der Waals surface area contributed by atoms with E-state index in [1.165, 1.54) is 0 Å². The lowest BCUT2D eigenvalue weighted by molar-refractivity contribution is -0.122. The highest BCUT2D eigenvalue weighted by atomic mass is 16.5. The van der Waals surface area contributed by atoms with Crippen LogP contribution in [-0.4, -0.2) is 102 Å². The van der Waals surface area contributed by atoms with Gasteiger partial charge in [-0.25, -0.2) is 4.79 Å². The minimum Gasteiger partial charge on any atom is -0.378 e. The molecule has 0 aliphatic rings. The Balaban J connectivity index is 4.92. The standard InChI is InChI=1S/C23H47N7O7/c1-2-10-27-19(31)5-13-35-16-23(30-22(26)34,17-36-14-6-20(32)28-11-3-8-24)18-37-15-7-21(33)29-12-4-9-25/h2-18,24-25H2,1H3,(H,27,31)(H,28,32)(H,29,33)(H3,26,30,34). The number of nitrogens with one attached hydrogen (secondary N) is 4. The summed E-state index contributed by atoms with van der Waals surface area (Å²) in [6, 6.07) is -0.824. The number of primary amides is 1. The second-order valence-electron chi connectivity index (χ2n) is 8.51. The maximum Gasteiger partial charge on any atom is 0.312 e. The number of rotatable bonds is 24. The lowest BCUT2D eigenvalue weighted by Crippen LogP contribution is -2.60. The zero-order chi connectivity index (χ0) is 27.8. The summed E-state index contributed by atoms with van der Waals surface area (Å²) in [5.74, 6) is -0.523. The van der Waals surface area contributed by atoms with Crippen molar-refractivity contribution in [3.8, 4) is 0 Å². The third-order valence-electron chi connectivity index (χ3n) is 4.92. The molecule has 0 bridgehead atoms. The monoisotopic (exact) mass is 533 g/mol. The van der Waals surface area contributed by atoms with E-state index in [0.29, 0.717) is 45.6 Å². The summed E-state index contributed by atoms with van der Waals surface area (Å²) in [6.07, 6.45) is 2.53. The molecule has 0 aromatic carbocycles. The Morgan fingerprint density at radius 2 is 1.05 bits per heavy atom. The van der Waals surface area contributed by atoms with Crippen LogP contribution in [0.15, 0.2) is 0 Å². The van der Waals surface area contributed by atoms with E-state index in [9.17, 15) is 19.2 Å². The Labute approximate surface area is 219 Å². The maximum absolute atomic E-state index is 11.9. The predicted molar refractivity (Wildman–Crippen MR) is 138 cm³/mol. The number of ether oxygens (including phenoxy) is 3. The number of carbonyl (C=O) groups is 4. The van der Waals surface area contributed by atoms with Gasteiger partial charge in [0.1, 0.15) is 5.54 Å². The van der Waals surface area contributed by atoms with Crippen molar-refractivity contribution in [2.45, 2.75) is 51.0 Å². The topological polar surface area (TPSA) is 222 Å². The van der Waals surface area contributed by atoms with Crippen LogP contribution < -0.4 is 38.5 Å². The summed E-state index contributed by atoms with van der Waals surface area (Å²) in [7, 11) is 0. The fraction of sp³-hybridized carbons (Fsp3) is 0.826. The van der Waals surface area contributed by atoms with Crippen molar-refractivity contribution >= 4 is 23.8 Å². The number of hydrogen-bond acceptors (Lipinski definition) is 9. The summed E-state index contributed by atoms with van der Waals surface area (Å²) in [5.41, 5.74) is 15.0. The summed E-state index contributed by atoms with van der Waals surface area (Å²) in [4.78, 5) is 47.4. The van der Waals surface area contributed by atoms with Crippen LogP contribution in [-0.2, 0) is 28.6 Å². The van der Waals surface area contributed by atoms with Gasteiger partial charge in [-0.3, -0.25) is 14.4 Å². The van der Waals surface area contributed by atoms with E-state index in [0.717, 1.165) is 6.42 Å². The molecule has 0 aliphatic carbocycles. The van der Waals surface area contributed by atoms with E-state index in [-0.39, 0.29) is 76.6 Å². The summed E-state index contributed by atoms with van der Waals surface area (Å²) in [5, 5.41) is 10.8. The zero-order valence-corrected chi connectivity index (χ0v) is 22.1. The molecule has 14 heteroatoms. The highest BCUT2D eigenvalue weighted by Crippen LogP contribution is 2.10. The maximum atomic E-state index is 11.9. The van der Waals surface area contributed by atoms with Crippen LogP contribution in [0.1, 0.15) is 45.4 Å². The molecule has 0 aliphatic heterocycles. The van der Waals surface area contributed by atoms with E-state index in [4.69, 9.17) is 31.4 Å². The van der Waals surface area contributed by atoms with Gasteiger partial charge in [-0.1, -0.05) is 6.92 Å². The first kappa shape index (κ1) is 34.5. The smallest absolute Gasteiger partial charge is 0.312 e. The second-order valence-corrected chi connectivity index (χ2v) is 8.51. The third-order valence-corrected chi connectivity index (χ3v) is 4.92. The number of urea groups is 1. The van der Waals surface area contributed by atoms with Crippen molar-refractivity contribution in [2.75, 3.05) is 72.4 Å². The van der Waals surface area contributed by atoms with Gasteiger partial charge in [0.25, 0.3) is 0 Å². The van der Waals surface area contributed by atoms with Gasteiger partial charge in [0.2, 0.25) is 17.7 Å². The molecule has 0 heterocycles. The fourth-order valence-electron chi connectivity index (χ4n) is 2.98. The fourth-order valence-corrected chi connectivity index (χ4v) is 2.98. The molecule has 0 aromatic heterocycles. The Kier molecular flexibility index (Phi) is 21.1. The molecule has 0 spiro atoms. The minimum absolute atomic E-state index is 0.0671. The van der Waals surface area contributed by atoms with E-state index < -0.39 is 11.6 Å². The van der Waals surface area contributed by atoms with Gasteiger partial charge in [0.05, 0.1) is 39.6 Å². The number of amides is 5. The molecule has 37 heavy (non-hydrogen) atoms. The van der Waals surface area contributed by atoms with Crippen LogP contribution in [0, 0.1) is 0 Å². The van der Waals surface area contributed by atoms with E-state index in [1.807, 2.05) is 6.92 Å². The van der Waals surface area contributed by atoms with Crippen molar-refractivity contribution < 1.29 is 33.4 Å². The average Bonchev–Trinajstić information content (AvgIpc) is 2.86. The first-order valence-corrected chi connectivity index (χ1v) is 12.8. The molecule has 14 nitrogen and oxygen atoms in total. The Morgan fingerprint density at radius 1 is 0.676 bits per heavy atom. The molecule has 0 fully saturated rings. The van der Waals surface area contributed by atoms with Crippen LogP contribution >= 0.6 is 0 Å². The largest absolute Gasteiger partial charge is 0.378 e. The van der Waals surface area contributed by atoms with Crippen molar-refractivity contribution in [2.24, 2.45) is 17.2 Å². The zero-order valence-electron chi connectivity index (χ0n) is 22.1. The van der Waals surface area contributed by atoms with Gasteiger partial charge in [-0.05, 0) is 32.4 Å². The molecule has 0 saturated heterocycles. The average molecular weight is 534 g/mol.